The Morgan fingerprint density at radius 3 is 2.47 bits per heavy atom. The number of rotatable bonds is 11. The number of nitrogens with zero attached hydrogens (tertiary/aromatic N) is 3. The number of aromatic nitrogens is 2. The standard InChI is InChI=1S/C28H36ClN3O4/c1-2-3-4-5-23-17-31(18-24(33)15-8-19-6-9-21(10-7-19)28(35)36)27(34)26-16-25(30-32(23)26)20-11-13-22(29)14-12-20/h11-14,16,19,21,23H,2-10,15,17-18H2,1H3,(H,35,36). The van der Waals surface area contributed by atoms with Gasteiger partial charge in [0.25, 0.3) is 5.91 Å². The minimum Gasteiger partial charge on any atom is -0.481 e. The number of carbonyl (C=O) groups excluding carboxylic acids is 2. The van der Waals surface area contributed by atoms with Gasteiger partial charge in [0.2, 0.25) is 0 Å². The number of ketones is 1. The van der Waals surface area contributed by atoms with Crippen molar-refractivity contribution in [1.82, 2.24) is 14.7 Å². The van der Waals surface area contributed by atoms with E-state index in [0.29, 0.717) is 42.4 Å². The number of carboxylic acids is 1. The number of halogens is 1. The average Bonchev–Trinajstić information content (AvgIpc) is 3.32. The van der Waals surface area contributed by atoms with E-state index in [9.17, 15) is 19.5 Å². The van der Waals surface area contributed by atoms with Crippen LogP contribution in [0.5, 0.6) is 0 Å². The lowest BCUT2D eigenvalue weighted by atomic mass is 9.80. The maximum absolute atomic E-state index is 13.4. The minimum absolute atomic E-state index is 0.0457. The SMILES string of the molecule is CCCCCC1CN(CC(=O)CCC2CCC(C(=O)O)CC2)C(=O)c2cc(-c3ccc(Cl)cc3)nn21. The van der Waals surface area contributed by atoms with Crippen molar-refractivity contribution in [1.29, 1.82) is 0 Å². The molecule has 0 radical (unpaired) electrons. The van der Waals surface area contributed by atoms with Gasteiger partial charge in [0.1, 0.15) is 5.69 Å². The molecule has 1 aliphatic heterocycles. The summed E-state index contributed by atoms with van der Waals surface area (Å²) in [7, 11) is 0. The van der Waals surface area contributed by atoms with Crippen molar-refractivity contribution >= 4 is 29.3 Å². The topological polar surface area (TPSA) is 92.5 Å². The van der Waals surface area contributed by atoms with E-state index < -0.39 is 5.97 Å². The maximum Gasteiger partial charge on any atom is 0.306 e. The van der Waals surface area contributed by atoms with Crippen LogP contribution in [0.25, 0.3) is 11.3 Å². The second-order valence-corrected chi connectivity index (χ2v) is 10.8. The summed E-state index contributed by atoms with van der Waals surface area (Å²) in [6.07, 6.45) is 8.50. The molecule has 1 unspecified atom stereocenters. The van der Waals surface area contributed by atoms with Crippen molar-refractivity contribution in [2.75, 3.05) is 13.1 Å². The number of hydrogen-bond acceptors (Lipinski definition) is 4. The van der Waals surface area contributed by atoms with Crippen LogP contribution in [-0.2, 0) is 9.59 Å². The average molecular weight is 514 g/mol. The van der Waals surface area contributed by atoms with E-state index in [1.54, 1.807) is 4.90 Å². The molecule has 1 atom stereocenters. The van der Waals surface area contributed by atoms with Gasteiger partial charge in [0.05, 0.1) is 24.2 Å². The van der Waals surface area contributed by atoms with Gasteiger partial charge in [0, 0.05) is 23.6 Å². The fourth-order valence-electron chi connectivity index (χ4n) is 5.51. The van der Waals surface area contributed by atoms with Gasteiger partial charge >= 0.3 is 5.97 Å². The Morgan fingerprint density at radius 1 is 1.08 bits per heavy atom. The molecular weight excluding hydrogens is 478 g/mol. The van der Waals surface area contributed by atoms with E-state index in [0.717, 1.165) is 56.2 Å². The van der Waals surface area contributed by atoms with Crippen molar-refractivity contribution < 1.29 is 19.5 Å². The first kappa shape index (κ1) is 26.4. The molecule has 0 spiro atoms. The van der Waals surface area contributed by atoms with Crippen LogP contribution in [0.1, 0.15) is 87.7 Å². The Bertz CT molecular complexity index is 1070. The molecule has 0 bridgehead atoms. The Balaban J connectivity index is 1.41. The Hall–Kier alpha value is -2.67. The molecule has 7 nitrogen and oxygen atoms in total. The second kappa shape index (κ2) is 12.0. The lowest BCUT2D eigenvalue weighted by Crippen LogP contribution is -2.45. The molecule has 0 saturated heterocycles. The van der Waals surface area contributed by atoms with Crippen LogP contribution in [0.4, 0.5) is 0 Å². The number of unbranched alkanes of at least 4 members (excludes halogenated alkanes) is 2. The van der Waals surface area contributed by atoms with Gasteiger partial charge in [-0.1, -0.05) is 49.9 Å². The molecule has 1 saturated carbocycles. The highest BCUT2D eigenvalue weighted by Gasteiger charge is 2.34. The molecule has 1 aromatic carbocycles. The largest absolute Gasteiger partial charge is 0.481 e. The minimum atomic E-state index is -0.708. The highest BCUT2D eigenvalue weighted by Crippen LogP contribution is 2.33. The van der Waals surface area contributed by atoms with E-state index in [1.807, 2.05) is 35.0 Å². The summed E-state index contributed by atoms with van der Waals surface area (Å²) in [4.78, 5) is 39.1. The maximum atomic E-state index is 13.4. The number of fused-ring (bicyclic) bond motifs is 1. The van der Waals surface area contributed by atoms with Crippen LogP contribution in [-0.4, -0.2) is 50.5 Å². The van der Waals surface area contributed by atoms with Crippen molar-refractivity contribution in [3.05, 3.63) is 41.0 Å². The number of amides is 1. The molecule has 1 aromatic heterocycles. The zero-order valence-corrected chi connectivity index (χ0v) is 21.8. The van der Waals surface area contributed by atoms with Gasteiger partial charge in [-0.2, -0.15) is 5.10 Å². The molecule has 1 aliphatic carbocycles. The molecule has 1 amide bonds. The van der Waals surface area contributed by atoms with Crippen LogP contribution in [0.15, 0.2) is 30.3 Å². The third-order valence-electron chi connectivity index (χ3n) is 7.69. The summed E-state index contributed by atoms with van der Waals surface area (Å²) in [5.74, 6) is -0.631. The lowest BCUT2D eigenvalue weighted by Gasteiger charge is -2.33. The van der Waals surface area contributed by atoms with E-state index in [-0.39, 0.29) is 30.2 Å². The predicted molar refractivity (Wildman–Crippen MR) is 139 cm³/mol. The first-order chi connectivity index (χ1) is 17.4. The van der Waals surface area contributed by atoms with E-state index in [1.165, 1.54) is 0 Å². The number of carboxylic acid groups (broad SMARTS) is 1. The number of benzene rings is 1. The molecular formula is C28H36ClN3O4. The molecule has 4 rings (SSSR count). The number of Topliss-reactive ketones (excluding diaryl/α,β-unsaturated/α-hetero) is 1. The van der Waals surface area contributed by atoms with Gasteiger partial charge in [-0.3, -0.25) is 19.1 Å². The molecule has 194 valence electrons. The molecule has 1 fully saturated rings. The third-order valence-corrected chi connectivity index (χ3v) is 7.95. The third kappa shape index (κ3) is 6.36. The monoisotopic (exact) mass is 513 g/mol. The van der Waals surface area contributed by atoms with Gasteiger partial charge in [-0.05, 0) is 62.6 Å². The summed E-state index contributed by atoms with van der Waals surface area (Å²) >= 11 is 6.04. The van der Waals surface area contributed by atoms with Crippen LogP contribution in [0.3, 0.4) is 0 Å². The summed E-state index contributed by atoms with van der Waals surface area (Å²) < 4.78 is 1.86. The smallest absolute Gasteiger partial charge is 0.306 e. The highest BCUT2D eigenvalue weighted by atomic mass is 35.5. The van der Waals surface area contributed by atoms with Gasteiger partial charge in [-0.25, -0.2) is 0 Å². The molecule has 8 heteroatoms. The number of aliphatic carboxylic acids is 1. The normalized spacial score (nSPS) is 21.9. The van der Waals surface area contributed by atoms with E-state index in [4.69, 9.17) is 16.7 Å². The molecule has 2 heterocycles. The lowest BCUT2D eigenvalue weighted by molar-refractivity contribution is -0.143. The first-order valence-electron chi connectivity index (χ1n) is 13.2. The van der Waals surface area contributed by atoms with Crippen molar-refractivity contribution in [3.8, 4) is 11.3 Å². The number of carbonyl (C=O) groups is 3. The fraction of sp³-hybridized carbons (Fsp3) is 0.571. The number of hydrogen-bond donors (Lipinski definition) is 1. The zero-order chi connectivity index (χ0) is 25.7. The van der Waals surface area contributed by atoms with Crippen molar-refractivity contribution in [2.45, 2.75) is 77.2 Å². The van der Waals surface area contributed by atoms with E-state index >= 15 is 0 Å². The quantitative estimate of drug-likeness (QED) is 0.371. The van der Waals surface area contributed by atoms with Crippen molar-refractivity contribution in [3.63, 3.8) is 0 Å². The van der Waals surface area contributed by atoms with Crippen LogP contribution >= 0.6 is 11.6 Å². The molecule has 1 N–H and O–H groups in total. The van der Waals surface area contributed by atoms with E-state index in [2.05, 4.69) is 6.92 Å². The van der Waals surface area contributed by atoms with Crippen molar-refractivity contribution in [2.24, 2.45) is 11.8 Å². The van der Waals surface area contributed by atoms with Crippen LogP contribution < -0.4 is 0 Å². The predicted octanol–water partition coefficient (Wildman–Crippen LogP) is 6.02. The van der Waals surface area contributed by atoms with Gasteiger partial charge < -0.3 is 10.0 Å². The molecule has 2 aliphatic rings. The Kier molecular flexibility index (Phi) is 8.83. The summed E-state index contributed by atoms with van der Waals surface area (Å²) in [6.45, 7) is 2.78. The summed E-state index contributed by atoms with van der Waals surface area (Å²) in [6, 6.07) is 9.31. The molecule has 36 heavy (non-hydrogen) atoms. The fourth-order valence-corrected chi connectivity index (χ4v) is 5.63. The van der Waals surface area contributed by atoms with Crippen LogP contribution in [0, 0.1) is 11.8 Å². The first-order valence-corrected chi connectivity index (χ1v) is 13.6. The zero-order valence-electron chi connectivity index (χ0n) is 21.0. The second-order valence-electron chi connectivity index (χ2n) is 10.3. The Morgan fingerprint density at radius 2 is 1.81 bits per heavy atom. The summed E-state index contributed by atoms with van der Waals surface area (Å²) in [5, 5.41) is 14.6. The van der Waals surface area contributed by atoms with Gasteiger partial charge in [-0.15, -0.1) is 0 Å². The molecule has 2 aromatic rings. The van der Waals surface area contributed by atoms with Crippen LogP contribution in [0.2, 0.25) is 5.02 Å². The van der Waals surface area contributed by atoms with Gasteiger partial charge in [0.15, 0.2) is 5.78 Å². The Labute approximate surface area is 217 Å². The highest BCUT2D eigenvalue weighted by molar-refractivity contribution is 6.30. The summed E-state index contributed by atoms with van der Waals surface area (Å²) in [5.41, 5.74) is 2.18.